The molecule has 1 N–H and O–H groups in total. The third-order valence-corrected chi connectivity index (χ3v) is 7.20. The van der Waals surface area contributed by atoms with E-state index in [4.69, 9.17) is 0 Å². The van der Waals surface area contributed by atoms with Crippen LogP contribution in [0.25, 0.3) is 0 Å². The molecule has 1 atom stereocenters. The first-order valence-electron chi connectivity index (χ1n) is 8.51. The summed E-state index contributed by atoms with van der Waals surface area (Å²) in [6.45, 7) is 1.76. The number of rotatable bonds is 5. The Morgan fingerprint density at radius 1 is 1.14 bits per heavy atom. The Balaban J connectivity index is 1.50. The highest BCUT2D eigenvalue weighted by molar-refractivity contribution is 8.01. The van der Waals surface area contributed by atoms with Crippen LogP contribution in [0.15, 0.2) is 0 Å². The predicted octanol–water partition coefficient (Wildman–Crippen LogP) is 2.28. The van der Waals surface area contributed by atoms with Crippen LogP contribution in [0.5, 0.6) is 0 Å². The Kier molecular flexibility index (Phi) is 4.45. The number of likely N-dealkylation sites (N-methyl/N-ethyl adjacent to an activating group) is 1. The Labute approximate surface area is 137 Å². The van der Waals surface area contributed by atoms with Crippen LogP contribution in [0.4, 0.5) is 0 Å². The topological polar surface area (TPSA) is 49.4 Å². The van der Waals surface area contributed by atoms with E-state index in [1.54, 1.807) is 21.0 Å². The highest BCUT2D eigenvalue weighted by Crippen LogP contribution is 2.60. The first kappa shape index (κ1) is 16.2. The maximum Gasteiger partial charge on any atom is 0.244 e. The van der Waals surface area contributed by atoms with Gasteiger partial charge in [-0.3, -0.25) is 9.59 Å². The smallest absolute Gasteiger partial charge is 0.244 e. The second kappa shape index (κ2) is 6.06. The van der Waals surface area contributed by atoms with E-state index in [-0.39, 0.29) is 11.8 Å². The number of thioether (sulfide) groups is 1. The number of hydrogen-bond acceptors (Lipinski definition) is 3. The SMILES string of the molecule is CC(NC(=O)CSC12CC3CC(CC(C3)C1)C2)C(=O)N(C)C. The van der Waals surface area contributed by atoms with Gasteiger partial charge in [0.25, 0.3) is 0 Å². The van der Waals surface area contributed by atoms with Gasteiger partial charge in [-0.2, -0.15) is 0 Å². The summed E-state index contributed by atoms with van der Waals surface area (Å²) < 4.78 is 0.362. The highest BCUT2D eigenvalue weighted by atomic mass is 32.2. The molecular formula is C17H28N2O2S. The van der Waals surface area contributed by atoms with Gasteiger partial charge in [0.1, 0.15) is 6.04 Å². The average molecular weight is 324 g/mol. The van der Waals surface area contributed by atoms with Crippen LogP contribution in [0, 0.1) is 17.8 Å². The van der Waals surface area contributed by atoms with Crippen molar-refractivity contribution in [1.82, 2.24) is 10.2 Å². The lowest BCUT2D eigenvalue weighted by Crippen LogP contribution is -2.49. The quantitative estimate of drug-likeness (QED) is 0.844. The zero-order valence-corrected chi connectivity index (χ0v) is 14.7. The van der Waals surface area contributed by atoms with E-state index in [0.29, 0.717) is 10.5 Å². The predicted molar refractivity (Wildman–Crippen MR) is 89.7 cm³/mol. The maximum atomic E-state index is 12.2. The summed E-state index contributed by atoms with van der Waals surface area (Å²) in [4.78, 5) is 25.5. The molecule has 0 heterocycles. The second-order valence-corrected chi connectivity index (χ2v) is 9.35. The molecule has 4 fully saturated rings. The molecule has 0 aromatic heterocycles. The fraction of sp³-hybridized carbons (Fsp3) is 0.882. The van der Waals surface area contributed by atoms with Crippen LogP contribution in [-0.4, -0.2) is 47.4 Å². The van der Waals surface area contributed by atoms with Crippen molar-refractivity contribution in [1.29, 1.82) is 0 Å². The van der Waals surface area contributed by atoms with Gasteiger partial charge in [0.05, 0.1) is 5.75 Å². The lowest BCUT2D eigenvalue weighted by Gasteiger charge is -2.56. The lowest BCUT2D eigenvalue weighted by molar-refractivity contribution is -0.133. The third-order valence-electron chi connectivity index (χ3n) is 5.68. The van der Waals surface area contributed by atoms with E-state index in [0.717, 1.165) is 17.8 Å². The van der Waals surface area contributed by atoms with Crippen molar-refractivity contribution in [2.75, 3.05) is 19.8 Å². The lowest BCUT2D eigenvalue weighted by atomic mass is 9.56. The van der Waals surface area contributed by atoms with E-state index in [2.05, 4.69) is 5.32 Å². The molecule has 4 nitrogen and oxygen atoms in total. The van der Waals surface area contributed by atoms with Gasteiger partial charge in [-0.15, -0.1) is 11.8 Å². The Morgan fingerprint density at radius 2 is 1.64 bits per heavy atom. The first-order chi connectivity index (χ1) is 10.4. The molecule has 0 aromatic carbocycles. The van der Waals surface area contributed by atoms with Gasteiger partial charge in [0.15, 0.2) is 0 Å². The van der Waals surface area contributed by atoms with Crippen molar-refractivity contribution in [2.45, 2.75) is 56.2 Å². The summed E-state index contributed by atoms with van der Waals surface area (Å²) in [7, 11) is 3.43. The number of nitrogens with zero attached hydrogens (tertiary/aromatic N) is 1. The molecule has 22 heavy (non-hydrogen) atoms. The zero-order valence-electron chi connectivity index (χ0n) is 13.9. The maximum absolute atomic E-state index is 12.2. The van der Waals surface area contributed by atoms with Crippen LogP contribution in [0.3, 0.4) is 0 Å². The molecule has 0 spiro atoms. The normalized spacial score (nSPS) is 37.0. The fourth-order valence-electron chi connectivity index (χ4n) is 5.16. The van der Waals surface area contributed by atoms with Gasteiger partial charge >= 0.3 is 0 Å². The van der Waals surface area contributed by atoms with Gasteiger partial charge in [-0.25, -0.2) is 0 Å². The van der Waals surface area contributed by atoms with Crippen LogP contribution in [0.2, 0.25) is 0 Å². The van der Waals surface area contributed by atoms with E-state index in [1.807, 2.05) is 11.8 Å². The van der Waals surface area contributed by atoms with Crippen molar-refractivity contribution in [3.8, 4) is 0 Å². The van der Waals surface area contributed by atoms with E-state index < -0.39 is 6.04 Å². The standard InChI is InChI=1S/C17H28N2O2S/c1-11(16(21)19(2)3)18-15(20)10-22-17-7-12-4-13(8-17)6-14(5-12)9-17/h11-14H,4-10H2,1-3H3,(H,18,20). The fourth-order valence-corrected chi connectivity index (χ4v) is 6.74. The van der Waals surface area contributed by atoms with Crippen LogP contribution in [-0.2, 0) is 9.59 Å². The number of amides is 2. The minimum atomic E-state index is -0.431. The van der Waals surface area contributed by atoms with Crippen LogP contribution in [0.1, 0.15) is 45.4 Å². The summed E-state index contributed by atoms with van der Waals surface area (Å²) in [5, 5.41) is 2.84. The largest absolute Gasteiger partial charge is 0.347 e. The van der Waals surface area contributed by atoms with Crippen molar-refractivity contribution in [2.24, 2.45) is 17.8 Å². The minimum absolute atomic E-state index is 0.00319. The number of carbonyl (C=O) groups excluding carboxylic acids is 2. The molecule has 0 aliphatic heterocycles. The molecule has 124 valence electrons. The van der Waals surface area contributed by atoms with Gasteiger partial charge in [-0.05, 0) is 63.2 Å². The molecule has 4 aliphatic rings. The highest BCUT2D eigenvalue weighted by Gasteiger charge is 2.51. The van der Waals surface area contributed by atoms with Gasteiger partial charge < -0.3 is 10.2 Å². The molecule has 2 amide bonds. The molecular weight excluding hydrogens is 296 g/mol. The summed E-state index contributed by atoms with van der Waals surface area (Å²) in [5.41, 5.74) is 0. The molecule has 4 bridgehead atoms. The Morgan fingerprint density at radius 3 is 2.09 bits per heavy atom. The van der Waals surface area contributed by atoms with Crippen molar-refractivity contribution >= 4 is 23.6 Å². The number of hydrogen-bond donors (Lipinski definition) is 1. The van der Waals surface area contributed by atoms with Crippen molar-refractivity contribution in [3.63, 3.8) is 0 Å². The van der Waals surface area contributed by atoms with E-state index >= 15 is 0 Å². The summed E-state index contributed by atoms with van der Waals surface area (Å²) in [6, 6.07) is -0.431. The molecule has 5 heteroatoms. The molecule has 1 unspecified atom stereocenters. The van der Waals surface area contributed by atoms with Gasteiger partial charge in [0, 0.05) is 18.8 Å². The Hall–Kier alpha value is -0.710. The third kappa shape index (κ3) is 3.29. The molecule has 4 saturated carbocycles. The van der Waals surface area contributed by atoms with Crippen molar-refractivity contribution < 1.29 is 9.59 Å². The van der Waals surface area contributed by atoms with Gasteiger partial charge in [-0.1, -0.05) is 0 Å². The molecule has 0 aromatic rings. The zero-order chi connectivity index (χ0) is 15.9. The monoisotopic (exact) mass is 324 g/mol. The summed E-state index contributed by atoms with van der Waals surface area (Å²) in [5.74, 6) is 3.19. The minimum Gasteiger partial charge on any atom is -0.347 e. The second-order valence-electron chi connectivity index (χ2n) is 7.91. The molecule has 0 saturated heterocycles. The van der Waals surface area contributed by atoms with Crippen molar-refractivity contribution in [3.05, 3.63) is 0 Å². The van der Waals surface area contributed by atoms with E-state index in [9.17, 15) is 9.59 Å². The number of carbonyl (C=O) groups is 2. The van der Waals surface area contributed by atoms with E-state index in [1.165, 1.54) is 43.4 Å². The molecule has 0 radical (unpaired) electrons. The summed E-state index contributed by atoms with van der Waals surface area (Å²) >= 11 is 1.87. The Bertz CT molecular complexity index is 428. The average Bonchev–Trinajstić information content (AvgIpc) is 2.43. The first-order valence-corrected chi connectivity index (χ1v) is 9.50. The molecule has 4 rings (SSSR count). The van der Waals surface area contributed by atoms with Crippen LogP contribution < -0.4 is 5.32 Å². The molecule has 4 aliphatic carbocycles. The van der Waals surface area contributed by atoms with Crippen LogP contribution >= 0.6 is 11.8 Å². The van der Waals surface area contributed by atoms with Gasteiger partial charge in [0.2, 0.25) is 11.8 Å². The summed E-state index contributed by atoms with van der Waals surface area (Å²) in [6.07, 6.45) is 8.22. The number of nitrogens with one attached hydrogen (secondary N) is 1.